The molecule has 1 heterocycles. The monoisotopic (exact) mass is 241 g/mol. The van der Waals surface area contributed by atoms with E-state index in [9.17, 15) is 8.42 Å². The van der Waals surface area contributed by atoms with Crippen molar-refractivity contribution >= 4 is 15.8 Å². The van der Waals surface area contributed by atoms with Gasteiger partial charge in [0.1, 0.15) is 10.7 Å². The van der Waals surface area contributed by atoms with Gasteiger partial charge in [-0.2, -0.15) is 0 Å². The fourth-order valence-corrected chi connectivity index (χ4v) is 2.43. The van der Waals surface area contributed by atoms with E-state index in [-0.39, 0.29) is 4.90 Å². The lowest BCUT2D eigenvalue weighted by Gasteiger charge is -2.05. The summed E-state index contributed by atoms with van der Waals surface area (Å²) in [6, 6.07) is 2.94. The second-order valence-corrected chi connectivity index (χ2v) is 5.82. The van der Waals surface area contributed by atoms with Gasteiger partial charge in [0.2, 0.25) is 10.0 Å². The van der Waals surface area contributed by atoms with Gasteiger partial charge in [-0.1, -0.05) is 12.8 Å². The molecule has 1 saturated carbocycles. The third-order valence-electron chi connectivity index (χ3n) is 2.61. The number of nitrogens with two attached hydrogens (primary N) is 1. The first-order valence-electron chi connectivity index (χ1n) is 5.29. The standard InChI is InChI=1S/C10H15N3O2S/c11-10-4-3-9(7-12-10)16(14,15)13-6-5-8-1-2-8/h3-4,7-8,13H,1-2,5-6H2,(H2,11,12). The second-order valence-electron chi connectivity index (χ2n) is 4.05. The molecule has 0 bridgehead atoms. The van der Waals surface area contributed by atoms with Crippen LogP contribution in [-0.4, -0.2) is 19.9 Å². The lowest BCUT2D eigenvalue weighted by Crippen LogP contribution is -2.25. The molecule has 1 aliphatic rings. The molecule has 0 unspecified atom stereocenters. The van der Waals surface area contributed by atoms with Gasteiger partial charge in [0, 0.05) is 12.7 Å². The smallest absolute Gasteiger partial charge is 0.242 e. The Morgan fingerprint density at radius 2 is 2.19 bits per heavy atom. The van der Waals surface area contributed by atoms with Crippen molar-refractivity contribution in [2.24, 2.45) is 5.92 Å². The number of nitrogens with one attached hydrogen (secondary N) is 1. The van der Waals surface area contributed by atoms with Gasteiger partial charge in [0.25, 0.3) is 0 Å². The maximum absolute atomic E-state index is 11.8. The number of pyridine rings is 1. The number of hydrogen-bond donors (Lipinski definition) is 2. The average molecular weight is 241 g/mol. The summed E-state index contributed by atoms with van der Waals surface area (Å²) >= 11 is 0. The molecule has 6 heteroatoms. The highest BCUT2D eigenvalue weighted by atomic mass is 32.2. The Hall–Kier alpha value is -1.14. The first-order chi connectivity index (χ1) is 7.58. The van der Waals surface area contributed by atoms with Gasteiger partial charge in [-0.15, -0.1) is 0 Å². The van der Waals surface area contributed by atoms with Crippen LogP contribution >= 0.6 is 0 Å². The number of nitrogen functional groups attached to an aromatic ring is 1. The summed E-state index contributed by atoms with van der Waals surface area (Å²) in [7, 11) is -3.41. The molecule has 1 fully saturated rings. The van der Waals surface area contributed by atoms with Crippen molar-refractivity contribution in [1.82, 2.24) is 9.71 Å². The largest absolute Gasteiger partial charge is 0.384 e. The predicted molar refractivity (Wildman–Crippen MR) is 61.2 cm³/mol. The highest BCUT2D eigenvalue weighted by Gasteiger charge is 2.22. The van der Waals surface area contributed by atoms with E-state index in [0.29, 0.717) is 18.3 Å². The van der Waals surface area contributed by atoms with Crippen LogP contribution in [0.2, 0.25) is 0 Å². The molecule has 0 aromatic carbocycles. The SMILES string of the molecule is Nc1ccc(S(=O)(=O)NCCC2CC2)cn1. The molecule has 0 amide bonds. The van der Waals surface area contributed by atoms with E-state index in [1.807, 2.05) is 0 Å². The summed E-state index contributed by atoms with van der Waals surface area (Å²) < 4.78 is 26.1. The lowest BCUT2D eigenvalue weighted by atomic mass is 10.3. The zero-order valence-electron chi connectivity index (χ0n) is 8.89. The number of hydrogen-bond acceptors (Lipinski definition) is 4. The fraction of sp³-hybridized carbons (Fsp3) is 0.500. The van der Waals surface area contributed by atoms with Crippen molar-refractivity contribution < 1.29 is 8.42 Å². The van der Waals surface area contributed by atoms with Crippen LogP contribution in [0.15, 0.2) is 23.2 Å². The number of aromatic nitrogens is 1. The molecule has 0 aliphatic heterocycles. The van der Waals surface area contributed by atoms with E-state index >= 15 is 0 Å². The van der Waals surface area contributed by atoms with Gasteiger partial charge in [0.05, 0.1) is 0 Å². The third-order valence-corrected chi connectivity index (χ3v) is 4.06. The second kappa shape index (κ2) is 4.39. The van der Waals surface area contributed by atoms with Crippen molar-refractivity contribution in [1.29, 1.82) is 0 Å². The van der Waals surface area contributed by atoms with Crippen LogP contribution in [0.4, 0.5) is 5.82 Å². The molecule has 0 spiro atoms. The van der Waals surface area contributed by atoms with Gasteiger partial charge in [0.15, 0.2) is 0 Å². The normalized spacial score (nSPS) is 16.2. The number of sulfonamides is 1. The first kappa shape index (κ1) is 11.3. The van der Waals surface area contributed by atoms with Crippen LogP contribution in [0.5, 0.6) is 0 Å². The molecule has 0 atom stereocenters. The predicted octanol–water partition coefficient (Wildman–Crippen LogP) is 0.742. The third kappa shape index (κ3) is 2.93. The Labute approximate surface area is 95.1 Å². The van der Waals surface area contributed by atoms with E-state index in [1.165, 1.54) is 31.2 Å². The lowest BCUT2D eigenvalue weighted by molar-refractivity contribution is 0.575. The molecular formula is C10H15N3O2S. The van der Waals surface area contributed by atoms with Crippen molar-refractivity contribution in [3.63, 3.8) is 0 Å². The summed E-state index contributed by atoms with van der Waals surface area (Å²) in [6.45, 7) is 0.497. The average Bonchev–Trinajstić information content (AvgIpc) is 3.02. The van der Waals surface area contributed by atoms with Gasteiger partial charge < -0.3 is 5.73 Å². The molecule has 1 aromatic heterocycles. The maximum atomic E-state index is 11.8. The summed E-state index contributed by atoms with van der Waals surface area (Å²) in [5.74, 6) is 1.03. The molecule has 88 valence electrons. The van der Waals surface area contributed by atoms with Crippen molar-refractivity contribution in [3.8, 4) is 0 Å². The van der Waals surface area contributed by atoms with E-state index in [4.69, 9.17) is 5.73 Å². The Kier molecular flexibility index (Phi) is 3.11. The number of rotatable bonds is 5. The van der Waals surface area contributed by atoms with Crippen molar-refractivity contribution in [3.05, 3.63) is 18.3 Å². The quantitative estimate of drug-likeness (QED) is 0.796. The number of nitrogens with zero attached hydrogens (tertiary/aromatic N) is 1. The Morgan fingerprint density at radius 1 is 1.44 bits per heavy atom. The summed E-state index contributed by atoms with van der Waals surface area (Å²) in [5.41, 5.74) is 5.39. The zero-order valence-corrected chi connectivity index (χ0v) is 9.70. The Balaban J connectivity index is 1.97. The van der Waals surface area contributed by atoms with Gasteiger partial charge >= 0.3 is 0 Å². The topological polar surface area (TPSA) is 85.1 Å². The van der Waals surface area contributed by atoms with E-state index in [1.54, 1.807) is 0 Å². The maximum Gasteiger partial charge on any atom is 0.242 e. The van der Waals surface area contributed by atoms with E-state index < -0.39 is 10.0 Å². The minimum atomic E-state index is -3.41. The van der Waals surface area contributed by atoms with E-state index in [0.717, 1.165) is 6.42 Å². The van der Waals surface area contributed by atoms with Crippen molar-refractivity contribution in [2.45, 2.75) is 24.2 Å². The highest BCUT2D eigenvalue weighted by molar-refractivity contribution is 7.89. The van der Waals surface area contributed by atoms with Crippen LogP contribution in [0.1, 0.15) is 19.3 Å². The minimum Gasteiger partial charge on any atom is -0.384 e. The van der Waals surface area contributed by atoms with Crippen LogP contribution < -0.4 is 10.5 Å². The molecular weight excluding hydrogens is 226 g/mol. The Bertz CT molecular complexity index is 451. The summed E-state index contributed by atoms with van der Waals surface area (Å²) in [4.78, 5) is 3.92. The van der Waals surface area contributed by atoms with Crippen LogP contribution in [0, 0.1) is 5.92 Å². The highest BCUT2D eigenvalue weighted by Crippen LogP contribution is 2.31. The van der Waals surface area contributed by atoms with Gasteiger partial charge in [-0.3, -0.25) is 0 Å². The molecule has 3 N–H and O–H groups in total. The van der Waals surface area contributed by atoms with Gasteiger partial charge in [-0.25, -0.2) is 18.1 Å². The van der Waals surface area contributed by atoms with Crippen LogP contribution in [0.3, 0.4) is 0 Å². The molecule has 1 aliphatic carbocycles. The van der Waals surface area contributed by atoms with Crippen molar-refractivity contribution in [2.75, 3.05) is 12.3 Å². The van der Waals surface area contributed by atoms with E-state index in [2.05, 4.69) is 9.71 Å². The summed E-state index contributed by atoms with van der Waals surface area (Å²) in [5, 5.41) is 0. The molecule has 0 radical (unpaired) electrons. The fourth-order valence-electron chi connectivity index (χ4n) is 1.44. The first-order valence-corrected chi connectivity index (χ1v) is 6.77. The van der Waals surface area contributed by atoms with Crippen LogP contribution in [0.25, 0.3) is 0 Å². The Morgan fingerprint density at radius 3 is 2.75 bits per heavy atom. The molecule has 5 nitrogen and oxygen atoms in total. The molecule has 2 rings (SSSR count). The summed E-state index contributed by atoms with van der Waals surface area (Å²) in [6.07, 6.45) is 4.65. The van der Waals surface area contributed by atoms with Crippen LogP contribution in [-0.2, 0) is 10.0 Å². The minimum absolute atomic E-state index is 0.164. The zero-order chi connectivity index (χ0) is 11.6. The molecule has 16 heavy (non-hydrogen) atoms. The molecule has 1 aromatic rings. The number of anilines is 1. The molecule has 0 saturated heterocycles. The van der Waals surface area contributed by atoms with Gasteiger partial charge in [-0.05, 0) is 24.5 Å².